The summed E-state index contributed by atoms with van der Waals surface area (Å²) in [5, 5.41) is 13.3. The molecule has 7 unspecified atom stereocenters. The SMILES string of the molecule is C1=CCCC(C2N=C(C3=C(n4c5ccccc5c5cc6c(cc54)sc4ccccc46)N=CC(C4C=C(C5C=CC=CC5)CC(c5ccccc5)C4)C3)NC(C3CC=CCC3)N2)=C1. The van der Waals surface area contributed by atoms with Crippen LogP contribution in [0.4, 0.5) is 0 Å². The molecule has 0 radical (unpaired) electrons. The molecule has 4 heterocycles. The Labute approximate surface area is 368 Å². The fraction of sp³-hybridized carbons (Fsp3) is 0.286. The summed E-state index contributed by atoms with van der Waals surface area (Å²) in [6, 6.07) is 34.0. The van der Waals surface area contributed by atoms with Crippen molar-refractivity contribution in [2.24, 2.45) is 33.7 Å². The van der Waals surface area contributed by atoms with Gasteiger partial charge in [-0.05, 0) is 111 Å². The van der Waals surface area contributed by atoms with Gasteiger partial charge in [0.2, 0.25) is 0 Å². The lowest BCUT2D eigenvalue weighted by molar-refractivity contribution is 0.281. The van der Waals surface area contributed by atoms with Crippen molar-refractivity contribution in [1.82, 2.24) is 15.2 Å². The summed E-state index contributed by atoms with van der Waals surface area (Å²) in [7, 11) is 0. The summed E-state index contributed by atoms with van der Waals surface area (Å²) in [5.41, 5.74) is 8.01. The Bertz CT molecular complexity index is 3000. The molecule has 308 valence electrons. The van der Waals surface area contributed by atoms with Crippen LogP contribution in [0.1, 0.15) is 69.3 Å². The number of fused-ring (bicyclic) bond motifs is 6. The molecule has 0 bridgehead atoms. The number of nitrogens with zero attached hydrogens (tertiary/aromatic N) is 3. The van der Waals surface area contributed by atoms with E-state index in [4.69, 9.17) is 9.98 Å². The molecule has 5 nitrogen and oxygen atoms in total. The first-order chi connectivity index (χ1) is 30.7. The molecule has 4 aliphatic carbocycles. The highest BCUT2D eigenvalue weighted by atomic mass is 32.1. The summed E-state index contributed by atoms with van der Waals surface area (Å²) in [6.07, 6.45) is 35.3. The smallest absolute Gasteiger partial charge is 0.144 e. The number of amidine groups is 1. The minimum atomic E-state index is -0.0867. The summed E-state index contributed by atoms with van der Waals surface area (Å²) < 4.78 is 5.11. The second-order valence-corrected chi connectivity index (χ2v) is 19.4. The first-order valence-corrected chi connectivity index (χ1v) is 23.9. The van der Waals surface area contributed by atoms with Gasteiger partial charge in [-0.1, -0.05) is 133 Å². The quantitative estimate of drug-likeness (QED) is 0.158. The average Bonchev–Trinajstić information content (AvgIpc) is 3.88. The fourth-order valence-electron chi connectivity index (χ4n) is 11.4. The molecule has 6 heteroatoms. The Morgan fingerprint density at radius 1 is 0.694 bits per heavy atom. The van der Waals surface area contributed by atoms with Gasteiger partial charge >= 0.3 is 0 Å². The van der Waals surface area contributed by atoms with Crippen molar-refractivity contribution >= 4 is 71.2 Å². The van der Waals surface area contributed by atoms with E-state index in [2.05, 4.69) is 173 Å². The first-order valence-electron chi connectivity index (χ1n) is 23.0. The predicted octanol–water partition coefficient (Wildman–Crippen LogP) is 13.6. The van der Waals surface area contributed by atoms with Crippen molar-refractivity contribution in [3.63, 3.8) is 0 Å². The van der Waals surface area contributed by atoms with E-state index in [1.165, 1.54) is 58.7 Å². The highest BCUT2D eigenvalue weighted by molar-refractivity contribution is 7.25. The minimum absolute atomic E-state index is 0.0867. The molecule has 0 spiro atoms. The Hall–Kier alpha value is -5.82. The average molecular weight is 828 g/mol. The molecule has 2 aromatic heterocycles. The van der Waals surface area contributed by atoms with Crippen LogP contribution in [0.3, 0.4) is 0 Å². The third kappa shape index (κ3) is 6.89. The minimum Gasteiger partial charge on any atom is -0.354 e. The van der Waals surface area contributed by atoms with Crippen LogP contribution in [-0.2, 0) is 0 Å². The monoisotopic (exact) mass is 827 g/mol. The third-order valence-corrected chi connectivity index (χ3v) is 15.7. The molecule has 0 saturated carbocycles. The highest BCUT2D eigenvalue weighted by Crippen LogP contribution is 2.46. The van der Waals surface area contributed by atoms with Crippen molar-refractivity contribution in [2.45, 2.75) is 76.0 Å². The Morgan fingerprint density at radius 3 is 2.44 bits per heavy atom. The molecule has 62 heavy (non-hydrogen) atoms. The summed E-state index contributed by atoms with van der Waals surface area (Å²) in [5.74, 6) is 3.98. The number of para-hydroxylation sites is 1. The lowest BCUT2D eigenvalue weighted by Gasteiger charge is -2.40. The van der Waals surface area contributed by atoms with Crippen molar-refractivity contribution in [3.05, 3.63) is 174 Å². The number of benzene rings is 4. The maximum absolute atomic E-state index is 5.71. The van der Waals surface area contributed by atoms with Gasteiger partial charge in [0.1, 0.15) is 17.8 Å². The molecule has 2 aliphatic heterocycles. The molecule has 4 aromatic carbocycles. The summed E-state index contributed by atoms with van der Waals surface area (Å²) in [6.45, 7) is 0. The van der Waals surface area contributed by atoms with Gasteiger partial charge in [-0.25, -0.2) is 9.98 Å². The van der Waals surface area contributed by atoms with E-state index in [-0.39, 0.29) is 18.2 Å². The van der Waals surface area contributed by atoms with Crippen molar-refractivity contribution < 1.29 is 0 Å². The second kappa shape index (κ2) is 16.1. The van der Waals surface area contributed by atoms with Crippen LogP contribution in [0.5, 0.6) is 0 Å². The number of aromatic nitrogens is 1. The van der Waals surface area contributed by atoms with Crippen LogP contribution in [0.25, 0.3) is 47.8 Å². The number of aliphatic imine (C=N–C) groups is 2. The van der Waals surface area contributed by atoms with Crippen molar-refractivity contribution in [3.8, 4) is 0 Å². The normalized spacial score (nSPS) is 27.5. The topological polar surface area (TPSA) is 53.7 Å². The van der Waals surface area contributed by atoms with Crippen LogP contribution in [0.2, 0.25) is 0 Å². The lowest BCUT2D eigenvalue weighted by Crippen LogP contribution is -2.58. The van der Waals surface area contributed by atoms with Gasteiger partial charge in [0.25, 0.3) is 0 Å². The van der Waals surface area contributed by atoms with E-state index in [9.17, 15) is 0 Å². The molecule has 0 fully saturated rings. The van der Waals surface area contributed by atoms with Crippen LogP contribution in [-0.4, -0.2) is 28.9 Å². The van der Waals surface area contributed by atoms with Crippen LogP contribution in [0, 0.1) is 23.7 Å². The van der Waals surface area contributed by atoms with Crippen LogP contribution >= 0.6 is 11.3 Å². The third-order valence-electron chi connectivity index (χ3n) is 14.6. The number of thiophene rings is 1. The molecule has 0 saturated heterocycles. The number of rotatable bonds is 7. The van der Waals surface area contributed by atoms with Crippen molar-refractivity contribution in [2.75, 3.05) is 0 Å². The summed E-state index contributed by atoms with van der Waals surface area (Å²) in [4.78, 5) is 11.4. The molecule has 12 rings (SSSR count). The van der Waals surface area contributed by atoms with Gasteiger partial charge in [0.15, 0.2) is 0 Å². The van der Waals surface area contributed by atoms with Crippen LogP contribution < -0.4 is 10.6 Å². The van der Waals surface area contributed by atoms with Gasteiger partial charge in [0, 0.05) is 54.6 Å². The number of allylic oxidation sites excluding steroid dienone is 11. The van der Waals surface area contributed by atoms with E-state index >= 15 is 0 Å². The van der Waals surface area contributed by atoms with Crippen LogP contribution in [0.15, 0.2) is 178 Å². The Morgan fingerprint density at radius 2 is 1.58 bits per heavy atom. The molecule has 6 aromatic rings. The molecule has 7 atom stereocenters. The van der Waals surface area contributed by atoms with Gasteiger partial charge in [-0.2, -0.15) is 0 Å². The standard InChI is InChI=1S/C56H53N5S/c1-5-17-36(18-6-1)40-29-41(37-19-7-2-8-20-37)31-42(30-40)43-32-48(55-59-53(38-21-9-3-10-22-38)58-54(60-55)39-23-11-4-12-24-39)56(57-35-43)61-49-27-15-13-25-44(49)46-33-47-45-26-14-16-28-51(45)62-52(47)34-50(46)61/h1-9,11,13-19,21,25-28,31,33-35,37,39-40,42-43,53-54,58H,10,12,20,22-24,29-30,32H2,(H,59,60). The maximum atomic E-state index is 5.71. The lowest BCUT2D eigenvalue weighted by atomic mass is 9.69. The fourth-order valence-corrected chi connectivity index (χ4v) is 12.5. The number of nitrogens with one attached hydrogen (secondary N) is 2. The zero-order valence-corrected chi connectivity index (χ0v) is 36.0. The molecular weight excluding hydrogens is 775 g/mol. The summed E-state index contributed by atoms with van der Waals surface area (Å²) >= 11 is 1.89. The zero-order valence-electron chi connectivity index (χ0n) is 35.2. The second-order valence-electron chi connectivity index (χ2n) is 18.3. The van der Waals surface area contributed by atoms with E-state index in [0.717, 1.165) is 69.4 Å². The Kier molecular flexibility index (Phi) is 9.87. The maximum Gasteiger partial charge on any atom is 0.144 e. The number of hydrogen-bond acceptors (Lipinski definition) is 5. The van der Waals surface area contributed by atoms with E-state index in [1.807, 2.05) is 11.3 Å². The van der Waals surface area contributed by atoms with Gasteiger partial charge < -0.3 is 5.32 Å². The molecule has 2 N–H and O–H groups in total. The zero-order chi connectivity index (χ0) is 41.0. The van der Waals surface area contributed by atoms with Gasteiger partial charge in [0.05, 0.1) is 17.2 Å². The molecule has 6 aliphatic rings. The largest absolute Gasteiger partial charge is 0.354 e. The van der Waals surface area contributed by atoms with Gasteiger partial charge in [-0.15, -0.1) is 11.3 Å². The van der Waals surface area contributed by atoms with E-state index in [1.54, 1.807) is 5.57 Å². The molecule has 0 amide bonds. The van der Waals surface area contributed by atoms with E-state index in [0.29, 0.717) is 23.7 Å². The van der Waals surface area contributed by atoms with E-state index < -0.39 is 0 Å². The predicted molar refractivity (Wildman–Crippen MR) is 263 cm³/mol. The van der Waals surface area contributed by atoms with Crippen molar-refractivity contribution in [1.29, 1.82) is 0 Å². The van der Waals surface area contributed by atoms with Gasteiger partial charge in [-0.3, -0.25) is 9.88 Å². The highest BCUT2D eigenvalue weighted by Gasteiger charge is 2.38. The molecular formula is C56H53N5S. The first kappa shape index (κ1) is 37.9. The Balaban J connectivity index is 1.04. The number of hydrogen-bond donors (Lipinski definition) is 2.